The van der Waals surface area contributed by atoms with Crippen LogP contribution in [0.1, 0.15) is 5.56 Å². The van der Waals surface area contributed by atoms with Gasteiger partial charge < -0.3 is 15.4 Å². The highest BCUT2D eigenvalue weighted by molar-refractivity contribution is 5.89. The molecule has 6 heteroatoms. The van der Waals surface area contributed by atoms with Gasteiger partial charge in [-0.15, -0.1) is 0 Å². The lowest BCUT2D eigenvalue weighted by Crippen LogP contribution is -2.30. The molecule has 0 aliphatic carbocycles. The zero-order chi connectivity index (χ0) is 18.4. The number of hydrogen-bond acceptors (Lipinski definition) is 3. The Labute approximate surface area is 152 Å². The molecule has 6 nitrogen and oxygen atoms in total. The Morgan fingerprint density at radius 2 is 1.81 bits per heavy atom. The molecule has 0 radical (unpaired) electrons. The largest absolute Gasteiger partial charge is 0.497 e. The lowest BCUT2D eigenvalue weighted by molar-refractivity contribution is 0.252. The number of methoxy groups -OCH3 is 1. The summed E-state index contributed by atoms with van der Waals surface area (Å²) in [4.78, 5) is 11.9. The fourth-order valence-corrected chi connectivity index (χ4v) is 2.67. The van der Waals surface area contributed by atoms with Gasteiger partial charge in [0.1, 0.15) is 5.75 Å². The predicted octanol–water partition coefficient (Wildman–Crippen LogP) is 3.46. The molecule has 2 aromatic carbocycles. The van der Waals surface area contributed by atoms with E-state index >= 15 is 0 Å². The van der Waals surface area contributed by atoms with Crippen LogP contribution in [-0.2, 0) is 13.5 Å². The van der Waals surface area contributed by atoms with Gasteiger partial charge in [0.15, 0.2) is 0 Å². The molecule has 0 aliphatic heterocycles. The lowest BCUT2D eigenvalue weighted by Gasteiger charge is -2.09. The molecule has 0 atom stereocenters. The third kappa shape index (κ3) is 4.42. The minimum atomic E-state index is -0.221. The molecule has 2 N–H and O–H groups in total. The van der Waals surface area contributed by atoms with Crippen molar-refractivity contribution in [2.75, 3.05) is 19.0 Å². The van der Waals surface area contributed by atoms with Crippen molar-refractivity contribution in [1.82, 2.24) is 15.1 Å². The Balaban J connectivity index is 1.46. The molecule has 0 saturated heterocycles. The fourth-order valence-electron chi connectivity index (χ4n) is 2.67. The van der Waals surface area contributed by atoms with E-state index in [9.17, 15) is 4.79 Å². The Morgan fingerprint density at radius 3 is 2.42 bits per heavy atom. The van der Waals surface area contributed by atoms with Gasteiger partial charge in [-0.25, -0.2) is 4.79 Å². The summed E-state index contributed by atoms with van der Waals surface area (Å²) >= 11 is 0. The van der Waals surface area contributed by atoms with E-state index in [-0.39, 0.29) is 6.03 Å². The average Bonchev–Trinajstić information content (AvgIpc) is 3.09. The van der Waals surface area contributed by atoms with Crippen molar-refractivity contribution in [3.8, 4) is 17.0 Å². The summed E-state index contributed by atoms with van der Waals surface area (Å²) in [5.74, 6) is 0.755. The van der Waals surface area contributed by atoms with Crippen LogP contribution in [0, 0.1) is 0 Å². The molecular formula is C20H22N4O2. The van der Waals surface area contributed by atoms with Crippen LogP contribution >= 0.6 is 0 Å². The van der Waals surface area contributed by atoms with E-state index in [1.807, 2.05) is 17.8 Å². The first kappa shape index (κ1) is 17.5. The number of urea groups is 1. The van der Waals surface area contributed by atoms with Crippen molar-refractivity contribution in [3.05, 3.63) is 66.4 Å². The average molecular weight is 350 g/mol. The summed E-state index contributed by atoms with van der Waals surface area (Å²) in [6, 6.07) is 17.3. The summed E-state index contributed by atoms with van der Waals surface area (Å²) in [7, 11) is 3.53. The molecule has 26 heavy (non-hydrogen) atoms. The summed E-state index contributed by atoms with van der Waals surface area (Å²) in [6.07, 6.45) is 2.55. The SMILES string of the molecule is COc1ccc(NC(=O)NCCc2ccc(-c3ccnn3C)cc2)cc1. The maximum Gasteiger partial charge on any atom is 0.319 e. The summed E-state index contributed by atoms with van der Waals surface area (Å²) < 4.78 is 6.94. The molecule has 1 heterocycles. The number of anilines is 1. The molecule has 0 unspecified atom stereocenters. The number of aryl methyl sites for hydroxylation is 1. The Kier molecular flexibility index (Phi) is 5.53. The highest BCUT2D eigenvalue weighted by atomic mass is 16.5. The lowest BCUT2D eigenvalue weighted by atomic mass is 10.1. The Morgan fingerprint density at radius 1 is 1.08 bits per heavy atom. The highest BCUT2D eigenvalue weighted by Crippen LogP contribution is 2.18. The van der Waals surface area contributed by atoms with Crippen molar-refractivity contribution < 1.29 is 9.53 Å². The maximum atomic E-state index is 11.9. The molecule has 134 valence electrons. The normalized spacial score (nSPS) is 10.4. The van der Waals surface area contributed by atoms with Gasteiger partial charge >= 0.3 is 6.03 Å². The summed E-state index contributed by atoms with van der Waals surface area (Å²) in [5, 5.41) is 9.85. The Hall–Kier alpha value is -3.28. The number of rotatable bonds is 6. The molecule has 0 saturated carbocycles. The zero-order valence-electron chi connectivity index (χ0n) is 14.9. The molecule has 0 fully saturated rings. The van der Waals surface area contributed by atoms with Gasteiger partial charge in [-0.1, -0.05) is 24.3 Å². The van der Waals surface area contributed by atoms with Gasteiger partial charge in [0.25, 0.3) is 0 Å². The molecule has 3 rings (SSSR count). The van der Waals surface area contributed by atoms with Gasteiger partial charge in [0.05, 0.1) is 12.8 Å². The van der Waals surface area contributed by atoms with Crippen LogP contribution in [0.4, 0.5) is 10.5 Å². The van der Waals surface area contributed by atoms with Gasteiger partial charge in [-0.05, 0) is 47.9 Å². The van der Waals surface area contributed by atoms with Gasteiger partial charge in [0.2, 0.25) is 0 Å². The number of benzene rings is 2. The van der Waals surface area contributed by atoms with Gasteiger partial charge in [-0.2, -0.15) is 5.10 Å². The van der Waals surface area contributed by atoms with Crippen LogP contribution in [0.3, 0.4) is 0 Å². The van der Waals surface area contributed by atoms with Crippen LogP contribution in [0.5, 0.6) is 5.75 Å². The minimum absolute atomic E-state index is 0.221. The standard InChI is InChI=1S/C20H22N4O2/c1-24-19(12-14-22-24)16-5-3-15(4-6-16)11-13-21-20(25)23-17-7-9-18(26-2)10-8-17/h3-10,12,14H,11,13H2,1-2H3,(H2,21,23,25). The second kappa shape index (κ2) is 8.20. The van der Waals surface area contributed by atoms with Crippen molar-refractivity contribution in [2.45, 2.75) is 6.42 Å². The summed E-state index contributed by atoms with van der Waals surface area (Å²) in [6.45, 7) is 0.563. The van der Waals surface area contributed by atoms with Crippen molar-refractivity contribution >= 4 is 11.7 Å². The van der Waals surface area contributed by atoms with Gasteiger partial charge in [0, 0.05) is 25.5 Å². The number of carbonyl (C=O) groups excluding carboxylic acids is 1. The number of nitrogens with zero attached hydrogens (tertiary/aromatic N) is 2. The topological polar surface area (TPSA) is 68.2 Å². The van der Waals surface area contributed by atoms with E-state index in [4.69, 9.17) is 4.74 Å². The van der Waals surface area contributed by atoms with Crippen LogP contribution in [0.25, 0.3) is 11.3 Å². The maximum absolute atomic E-state index is 11.9. The number of amides is 2. The van der Waals surface area contributed by atoms with Gasteiger partial charge in [-0.3, -0.25) is 4.68 Å². The molecular weight excluding hydrogens is 328 g/mol. The first-order chi connectivity index (χ1) is 12.7. The second-order valence-electron chi connectivity index (χ2n) is 5.90. The molecule has 0 bridgehead atoms. The minimum Gasteiger partial charge on any atom is -0.497 e. The quantitative estimate of drug-likeness (QED) is 0.715. The van der Waals surface area contributed by atoms with E-state index in [0.29, 0.717) is 6.54 Å². The summed E-state index contributed by atoms with van der Waals surface area (Å²) in [5.41, 5.74) is 4.09. The third-order valence-electron chi connectivity index (χ3n) is 4.12. The molecule has 1 aromatic heterocycles. The van der Waals surface area contributed by atoms with E-state index in [1.54, 1.807) is 37.6 Å². The van der Waals surface area contributed by atoms with E-state index in [2.05, 4.69) is 40.0 Å². The molecule has 0 spiro atoms. The first-order valence-corrected chi connectivity index (χ1v) is 8.42. The Bertz CT molecular complexity index is 854. The van der Waals surface area contributed by atoms with Crippen LogP contribution in [0.15, 0.2) is 60.8 Å². The van der Waals surface area contributed by atoms with Crippen LogP contribution in [0.2, 0.25) is 0 Å². The van der Waals surface area contributed by atoms with Crippen molar-refractivity contribution in [2.24, 2.45) is 7.05 Å². The molecule has 2 amide bonds. The fraction of sp³-hybridized carbons (Fsp3) is 0.200. The predicted molar refractivity (Wildman–Crippen MR) is 102 cm³/mol. The van der Waals surface area contributed by atoms with E-state index < -0.39 is 0 Å². The van der Waals surface area contributed by atoms with Crippen molar-refractivity contribution in [3.63, 3.8) is 0 Å². The van der Waals surface area contributed by atoms with Crippen LogP contribution in [-0.4, -0.2) is 29.5 Å². The first-order valence-electron chi connectivity index (χ1n) is 8.42. The number of hydrogen-bond donors (Lipinski definition) is 2. The number of carbonyl (C=O) groups is 1. The molecule has 3 aromatic rings. The zero-order valence-corrected chi connectivity index (χ0v) is 14.9. The second-order valence-corrected chi connectivity index (χ2v) is 5.90. The van der Waals surface area contributed by atoms with Crippen molar-refractivity contribution in [1.29, 1.82) is 0 Å². The van der Waals surface area contributed by atoms with E-state index in [1.165, 1.54) is 5.56 Å². The highest BCUT2D eigenvalue weighted by Gasteiger charge is 2.04. The third-order valence-corrected chi connectivity index (χ3v) is 4.12. The monoisotopic (exact) mass is 350 g/mol. The number of aromatic nitrogens is 2. The number of ether oxygens (including phenoxy) is 1. The smallest absolute Gasteiger partial charge is 0.319 e. The molecule has 0 aliphatic rings. The van der Waals surface area contributed by atoms with Crippen LogP contribution < -0.4 is 15.4 Å². The van der Waals surface area contributed by atoms with E-state index in [0.717, 1.165) is 29.1 Å². The number of nitrogens with one attached hydrogen (secondary N) is 2.